The lowest BCUT2D eigenvalue weighted by atomic mass is 10.0. The largest absolute Gasteiger partial charge is 0.343 e. The van der Waals surface area contributed by atoms with Gasteiger partial charge in [0.15, 0.2) is 0 Å². The molecule has 1 aromatic rings. The molecule has 136 valence electrons. The fourth-order valence-electron chi connectivity index (χ4n) is 3.63. The second-order valence-corrected chi connectivity index (χ2v) is 6.87. The zero-order valence-electron chi connectivity index (χ0n) is 15.0. The van der Waals surface area contributed by atoms with Gasteiger partial charge in [0.2, 0.25) is 5.91 Å². The molecule has 2 N–H and O–H groups in total. The molecule has 0 unspecified atom stereocenters. The Hall–Kier alpha value is -2.08. The van der Waals surface area contributed by atoms with Crippen LogP contribution >= 0.6 is 0 Å². The third-order valence-electron chi connectivity index (χ3n) is 5.29. The summed E-state index contributed by atoms with van der Waals surface area (Å²) in [5.74, 6) is 0.138. The number of likely N-dealkylation sites (tertiary alicyclic amines) is 1. The summed E-state index contributed by atoms with van der Waals surface area (Å²) in [5, 5.41) is 6.16. The Bertz CT molecular complexity index is 611. The SMILES string of the molecule is CNC1CCN(C(=O)CCNC(=O)N2CCc3ccccc3C2)CC1. The smallest absolute Gasteiger partial charge is 0.317 e. The number of hydrogen-bond acceptors (Lipinski definition) is 3. The standard InChI is InChI=1S/C19H28N4O2/c1-20-17-8-12-22(13-9-17)18(24)6-10-21-19(25)23-11-7-15-4-2-3-5-16(15)14-23/h2-5,17,20H,6-14H2,1H3,(H,21,25). The van der Waals surface area contributed by atoms with E-state index in [1.165, 1.54) is 11.1 Å². The van der Waals surface area contributed by atoms with Crippen molar-refractivity contribution in [2.75, 3.05) is 33.2 Å². The molecule has 25 heavy (non-hydrogen) atoms. The molecule has 6 nitrogen and oxygen atoms in total. The van der Waals surface area contributed by atoms with Gasteiger partial charge in [-0.1, -0.05) is 24.3 Å². The minimum atomic E-state index is -0.0730. The molecule has 2 aliphatic rings. The number of rotatable bonds is 4. The molecule has 2 aliphatic heterocycles. The van der Waals surface area contributed by atoms with Gasteiger partial charge in [-0.05, 0) is 37.4 Å². The van der Waals surface area contributed by atoms with Gasteiger partial charge in [0, 0.05) is 45.2 Å². The fourth-order valence-corrected chi connectivity index (χ4v) is 3.63. The Kier molecular flexibility index (Phi) is 5.91. The topological polar surface area (TPSA) is 64.7 Å². The molecule has 3 amide bonds. The van der Waals surface area contributed by atoms with E-state index in [2.05, 4.69) is 22.8 Å². The number of urea groups is 1. The minimum absolute atomic E-state index is 0.0730. The van der Waals surface area contributed by atoms with Gasteiger partial charge in [0.05, 0.1) is 0 Å². The second-order valence-electron chi connectivity index (χ2n) is 6.87. The quantitative estimate of drug-likeness (QED) is 0.867. The van der Waals surface area contributed by atoms with Crippen LogP contribution in [0, 0.1) is 0 Å². The van der Waals surface area contributed by atoms with E-state index in [1.807, 2.05) is 29.0 Å². The lowest BCUT2D eigenvalue weighted by Crippen LogP contribution is -2.46. The molecule has 1 fully saturated rings. The summed E-state index contributed by atoms with van der Waals surface area (Å²) in [6.45, 7) is 3.39. The fraction of sp³-hybridized carbons (Fsp3) is 0.579. The van der Waals surface area contributed by atoms with E-state index < -0.39 is 0 Å². The van der Waals surface area contributed by atoms with Gasteiger partial charge in [-0.2, -0.15) is 0 Å². The lowest BCUT2D eigenvalue weighted by molar-refractivity contribution is -0.132. The average molecular weight is 344 g/mol. The number of hydrogen-bond donors (Lipinski definition) is 2. The van der Waals surface area contributed by atoms with E-state index in [-0.39, 0.29) is 11.9 Å². The average Bonchev–Trinajstić information content (AvgIpc) is 2.67. The number of piperidine rings is 1. The van der Waals surface area contributed by atoms with Gasteiger partial charge in [0.25, 0.3) is 0 Å². The molecule has 3 rings (SSSR count). The van der Waals surface area contributed by atoms with Crippen molar-refractivity contribution in [3.8, 4) is 0 Å². The van der Waals surface area contributed by atoms with Crippen LogP contribution in [0.25, 0.3) is 0 Å². The molecule has 6 heteroatoms. The normalized spacial score (nSPS) is 18.0. The highest BCUT2D eigenvalue weighted by Gasteiger charge is 2.23. The van der Waals surface area contributed by atoms with Crippen LogP contribution in [0.2, 0.25) is 0 Å². The molecule has 1 aromatic carbocycles. The summed E-state index contributed by atoms with van der Waals surface area (Å²) in [4.78, 5) is 28.3. The first-order valence-corrected chi connectivity index (χ1v) is 9.22. The third kappa shape index (κ3) is 4.51. The van der Waals surface area contributed by atoms with Crippen molar-refractivity contribution >= 4 is 11.9 Å². The summed E-state index contributed by atoms with van der Waals surface area (Å²) in [5.41, 5.74) is 2.54. The first-order chi connectivity index (χ1) is 12.2. The van der Waals surface area contributed by atoms with E-state index in [1.54, 1.807) is 0 Å². The van der Waals surface area contributed by atoms with Crippen LogP contribution in [0.5, 0.6) is 0 Å². The molecule has 0 radical (unpaired) electrons. The highest BCUT2D eigenvalue weighted by Crippen LogP contribution is 2.18. The zero-order valence-corrected chi connectivity index (χ0v) is 15.0. The van der Waals surface area contributed by atoms with E-state index >= 15 is 0 Å². The number of carbonyl (C=O) groups excluding carboxylic acids is 2. The van der Waals surface area contributed by atoms with Gasteiger partial charge < -0.3 is 20.4 Å². The van der Waals surface area contributed by atoms with Gasteiger partial charge >= 0.3 is 6.03 Å². The van der Waals surface area contributed by atoms with Gasteiger partial charge in [-0.15, -0.1) is 0 Å². The van der Waals surface area contributed by atoms with Crippen molar-refractivity contribution in [1.82, 2.24) is 20.4 Å². The van der Waals surface area contributed by atoms with Crippen LogP contribution in [0.4, 0.5) is 4.79 Å². The maximum atomic E-state index is 12.3. The second kappa shape index (κ2) is 8.34. The summed E-state index contributed by atoms with van der Waals surface area (Å²) in [6.07, 6.45) is 3.27. The van der Waals surface area contributed by atoms with E-state index in [0.29, 0.717) is 25.6 Å². The summed E-state index contributed by atoms with van der Waals surface area (Å²) in [6, 6.07) is 8.70. The zero-order chi connectivity index (χ0) is 17.6. The van der Waals surface area contributed by atoms with Crippen LogP contribution in [0.15, 0.2) is 24.3 Å². The summed E-state index contributed by atoms with van der Waals surface area (Å²) in [7, 11) is 1.97. The number of fused-ring (bicyclic) bond motifs is 1. The van der Waals surface area contributed by atoms with Crippen molar-refractivity contribution in [2.24, 2.45) is 0 Å². The van der Waals surface area contributed by atoms with Crippen molar-refractivity contribution in [2.45, 2.75) is 38.3 Å². The van der Waals surface area contributed by atoms with Crippen LogP contribution in [-0.2, 0) is 17.8 Å². The maximum Gasteiger partial charge on any atom is 0.317 e. The Balaban J connectivity index is 1.39. The van der Waals surface area contributed by atoms with Crippen molar-refractivity contribution in [3.05, 3.63) is 35.4 Å². The number of nitrogens with zero attached hydrogens (tertiary/aromatic N) is 2. The first-order valence-electron chi connectivity index (χ1n) is 9.22. The minimum Gasteiger partial charge on any atom is -0.343 e. The Morgan fingerprint density at radius 1 is 1.08 bits per heavy atom. The Morgan fingerprint density at radius 3 is 2.52 bits per heavy atom. The number of nitrogens with one attached hydrogen (secondary N) is 2. The number of amides is 3. The van der Waals surface area contributed by atoms with Crippen molar-refractivity contribution in [3.63, 3.8) is 0 Å². The van der Waals surface area contributed by atoms with Crippen molar-refractivity contribution in [1.29, 1.82) is 0 Å². The van der Waals surface area contributed by atoms with E-state index in [9.17, 15) is 9.59 Å². The van der Waals surface area contributed by atoms with E-state index in [0.717, 1.165) is 38.9 Å². The highest BCUT2D eigenvalue weighted by atomic mass is 16.2. The van der Waals surface area contributed by atoms with Gasteiger partial charge in [-0.3, -0.25) is 4.79 Å². The number of carbonyl (C=O) groups is 2. The summed E-state index contributed by atoms with van der Waals surface area (Å²) >= 11 is 0. The molecule has 0 spiro atoms. The van der Waals surface area contributed by atoms with Crippen LogP contribution in [-0.4, -0.2) is 61.0 Å². The molecule has 2 heterocycles. The first kappa shape index (κ1) is 17.7. The van der Waals surface area contributed by atoms with Gasteiger partial charge in [-0.25, -0.2) is 4.79 Å². The molecule has 0 saturated carbocycles. The lowest BCUT2D eigenvalue weighted by Gasteiger charge is -2.32. The molecule has 0 bridgehead atoms. The monoisotopic (exact) mass is 344 g/mol. The summed E-state index contributed by atoms with van der Waals surface area (Å²) < 4.78 is 0. The Morgan fingerprint density at radius 2 is 1.80 bits per heavy atom. The Labute approximate surface area is 149 Å². The molecule has 0 aliphatic carbocycles. The predicted octanol–water partition coefficient (Wildman–Crippen LogP) is 1.35. The van der Waals surface area contributed by atoms with Crippen LogP contribution in [0.1, 0.15) is 30.4 Å². The number of benzene rings is 1. The van der Waals surface area contributed by atoms with E-state index in [4.69, 9.17) is 0 Å². The molecule has 0 aromatic heterocycles. The molecular weight excluding hydrogens is 316 g/mol. The van der Waals surface area contributed by atoms with Crippen molar-refractivity contribution < 1.29 is 9.59 Å². The third-order valence-corrected chi connectivity index (χ3v) is 5.29. The predicted molar refractivity (Wildman–Crippen MR) is 97.2 cm³/mol. The molecule has 1 saturated heterocycles. The van der Waals surface area contributed by atoms with Crippen LogP contribution < -0.4 is 10.6 Å². The van der Waals surface area contributed by atoms with Crippen LogP contribution in [0.3, 0.4) is 0 Å². The maximum absolute atomic E-state index is 12.3. The van der Waals surface area contributed by atoms with Gasteiger partial charge in [0.1, 0.15) is 0 Å². The molecule has 0 atom stereocenters. The highest BCUT2D eigenvalue weighted by molar-refractivity contribution is 5.78. The molecular formula is C19H28N4O2.